The number of rotatable bonds is 14. The Kier molecular flexibility index (Phi) is 10.4. The quantitative estimate of drug-likeness (QED) is 0.243. The standard InChI is InChI=1S/C24H35ClO2/c1-3-4-5-6-7-10-18-27-24-15-12-21-19-22(13-14-23(21)20(24)2)26-17-11-8-9-16-25/h12-15,19H,3-11,16-18H2,1-2H3. The van der Waals surface area contributed by atoms with Gasteiger partial charge in [0.25, 0.3) is 0 Å². The number of aryl methyl sites for hydroxylation is 1. The number of hydrogen-bond donors (Lipinski definition) is 0. The number of unbranched alkanes of at least 4 members (excludes halogenated alkanes) is 7. The van der Waals surface area contributed by atoms with Crippen LogP contribution in [0.5, 0.6) is 11.5 Å². The van der Waals surface area contributed by atoms with E-state index in [0.29, 0.717) is 0 Å². The van der Waals surface area contributed by atoms with Crippen LogP contribution in [0.3, 0.4) is 0 Å². The second-order valence-electron chi connectivity index (χ2n) is 7.29. The minimum absolute atomic E-state index is 0.735. The molecule has 2 nitrogen and oxygen atoms in total. The van der Waals surface area contributed by atoms with Crippen molar-refractivity contribution in [3.63, 3.8) is 0 Å². The lowest BCUT2D eigenvalue weighted by Crippen LogP contribution is -2.00. The highest BCUT2D eigenvalue weighted by Crippen LogP contribution is 2.30. The Morgan fingerprint density at radius 3 is 2.26 bits per heavy atom. The van der Waals surface area contributed by atoms with Crippen molar-refractivity contribution in [3.8, 4) is 11.5 Å². The zero-order valence-electron chi connectivity index (χ0n) is 17.1. The van der Waals surface area contributed by atoms with E-state index in [-0.39, 0.29) is 0 Å². The minimum atomic E-state index is 0.735. The molecule has 27 heavy (non-hydrogen) atoms. The number of halogens is 1. The van der Waals surface area contributed by atoms with Gasteiger partial charge >= 0.3 is 0 Å². The topological polar surface area (TPSA) is 18.5 Å². The lowest BCUT2D eigenvalue weighted by Gasteiger charge is -2.13. The zero-order chi connectivity index (χ0) is 19.3. The molecule has 0 amide bonds. The van der Waals surface area contributed by atoms with Gasteiger partial charge in [-0.3, -0.25) is 0 Å². The monoisotopic (exact) mass is 390 g/mol. The van der Waals surface area contributed by atoms with E-state index in [1.807, 2.05) is 0 Å². The number of ether oxygens (including phenoxy) is 2. The first-order valence-corrected chi connectivity index (χ1v) is 11.1. The minimum Gasteiger partial charge on any atom is -0.494 e. The molecule has 0 aliphatic heterocycles. The molecule has 0 heterocycles. The van der Waals surface area contributed by atoms with Crippen molar-refractivity contribution in [2.24, 2.45) is 0 Å². The Hall–Kier alpha value is -1.41. The molecular weight excluding hydrogens is 356 g/mol. The molecule has 0 unspecified atom stereocenters. The SMILES string of the molecule is CCCCCCCCOc1ccc2cc(OCCCCCCl)ccc2c1C. The van der Waals surface area contributed by atoms with Gasteiger partial charge in [-0.2, -0.15) is 0 Å². The van der Waals surface area contributed by atoms with E-state index in [0.717, 1.165) is 56.3 Å². The average molecular weight is 391 g/mol. The maximum absolute atomic E-state index is 6.04. The lowest BCUT2D eigenvalue weighted by molar-refractivity contribution is 0.302. The second kappa shape index (κ2) is 12.9. The van der Waals surface area contributed by atoms with E-state index >= 15 is 0 Å². The van der Waals surface area contributed by atoms with Crippen LogP contribution in [0.1, 0.15) is 70.3 Å². The van der Waals surface area contributed by atoms with Crippen LogP contribution >= 0.6 is 11.6 Å². The van der Waals surface area contributed by atoms with Crippen LogP contribution in [0.2, 0.25) is 0 Å². The predicted octanol–water partition coefficient (Wildman–Crippen LogP) is 7.68. The molecule has 2 aromatic rings. The summed E-state index contributed by atoms with van der Waals surface area (Å²) < 4.78 is 11.9. The third-order valence-electron chi connectivity index (χ3n) is 5.01. The molecule has 0 spiro atoms. The van der Waals surface area contributed by atoms with E-state index in [9.17, 15) is 0 Å². The Balaban J connectivity index is 1.84. The fourth-order valence-electron chi connectivity index (χ4n) is 3.32. The van der Waals surface area contributed by atoms with E-state index in [4.69, 9.17) is 21.1 Å². The van der Waals surface area contributed by atoms with Crippen LogP contribution < -0.4 is 9.47 Å². The van der Waals surface area contributed by atoms with Crippen molar-refractivity contribution >= 4 is 22.4 Å². The van der Waals surface area contributed by atoms with E-state index in [1.54, 1.807) is 0 Å². The number of hydrogen-bond acceptors (Lipinski definition) is 2. The fraction of sp³-hybridized carbons (Fsp3) is 0.583. The summed E-state index contributed by atoms with van der Waals surface area (Å²) in [5.74, 6) is 2.68. The van der Waals surface area contributed by atoms with Gasteiger partial charge in [0.05, 0.1) is 13.2 Å². The molecule has 3 heteroatoms. The maximum atomic E-state index is 6.04. The molecule has 0 saturated heterocycles. The van der Waals surface area contributed by atoms with Crippen molar-refractivity contribution in [2.75, 3.05) is 19.1 Å². The van der Waals surface area contributed by atoms with Gasteiger partial charge in [0.2, 0.25) is 0 Å². The van der Waals surface area contributed by atoms with Gasteiger partial charge in [0.1, 0.15) is 11.5 Å². The van der Waals surface area contributed by atoms with Gasteiger partial charge in [0, 0.05) is 5.88 Å². The van der Waals surface area contributed by atoms with Crippen molar-refractivity contribution < 1.29 is 9.47 Å². The predicted molar refractivity (Wildman–Crippen MR) is 118 cm³/mol. The summed E-state index contributed by atoms with van der Waals surface area (Å²) in [5.41, 5.74) is 1.21. The van der Waals surface area contributed by atoms with Crippen molar-refractivity contribution in [1.29, 1.82) is 0 Å². The fourth-order valence-corrected chi connectivity index (χ4v) is 3.51. The first-order chi connectivity index (χ1) is 13.3. The number of benzene rings is 2. The highest BCUT2D eigenvalue weighted by atomic mass is 35.5. The molecule has 0 radical (unpaired) electrons. The zero-order valence-corrected chi connectivity index (χ0v) is 17.8. The summed E-state index contributed by atoms with van der Waals surface area (Å²) >= 11 is 5.70. The molecule has 0 atom stereocenters. The largest absolute Gasteiger partial charge is 0.494 e. The van der Waals surface area contributed by atoms with Gasteiger partial charge < -0.3 is 9.47 Å². The number of fused-ring (bicyclic) bond motifs is 1. The summed E-state index contributed by atoms with van der Waals surface area (Å²) in [6.45, 7) is 5.96. The van der Waals surface area contributed by atoms with Crippen LogP contribution in [-0.2, 0) is 0 Å². The molecular formula is C24H35ClO2. The van der Waals surface area contributed by atoms with Gasteiger partial charge in [-0.25, -0.2) is 0 Å². The highest BCUT2D eigenvalue weighted by Gasteiger charge is 2.06. The molecule has 0 aliphatic rings. The summed E-state index contributed by atoms with van der Waals surface area (Å²) in [5, 5.41) is 2.45. The molecule has 0 saturated carbocycles. The van der Waals surface area contributed by atoms with Crippen LogP contribution in [0, 0.1) is 6.92 Å². The van der Waals surface area contributed by atoms with Crippen LogP contribution in [0.25, 0.3) is 10.8 Å². The Bertz CT molecular complexity index is 669. The van der Waals surface area contributed by atoms with E-state index in [2.05, 4.69) is 44.2 Å². The van der Waals surface area contributed by atoms with Crippen molar-refractivity contribution in [3.05, 3.63) is 35.9 Å². The highest BCUT2D eigenvalue weighted by molar-refractivity contribution is 6.17. The Morgan fingerprint density at radius 1 is 0.778 bits per heavy atom. The van der Waals surface area contributed by atoms with Gasteiger partial charge in [-0.05, 0) is 67.1 Å². The molecule has 0 aliphatic carbocycles. The Labute approximate surface area is 170 Å². The third-order valence-corrected chi connectivity index (χ3v) is 5.28. The lowest BCUT2D eigenvalue weighted by atomic mass is 10.0. The van der Waals surface area contributed by atoms with Crippen molar-refractivity contribution in [2.45, 2.75) is 71.6 Å². The van der Waals surface area contributed by atoms with E-state index < -0.39 is 0 Å². The smallest absolute Gasteiger partial charge is 0.122 e. The third kappa shape index (κ3) is 7.62. The summed E-state index contributed by atoms with van der Waals surface area (Å²) in [6.07, 6.45) is 11.0. The summed E-state index contributed by atoms with van der Waals surface area (Å²) in [6, 6.07) is 10.6. The first kappa shape index (κ1) is 21.9. The average Bonchev–Trinajstić information content (AvgIpc) is 2.68. The maximum Gasteiger partial charge on any atom is 0.122 e. The van der Waals surface area contributed by atoms with Crippen molar-refractivity contribution in [1.82, 2.24) is 0 Å². The van der Waals surface area contributed by atoms with Gasteiger partial charge in [0.15, 0.2) is 0 Å². The molecule has 0 N–H and O–H groups in total. The first-order valence-electron chi connectivity index (χ1n) is 10.6. The molecule has 0 fully saturated rings. The van der Waals surface area contributed by atoms with E-state index in [1.165, 1.54) is 48.4 Å². The summed E-state index contributed by atoms with van der Waals surface area (Å²) in [7, 11) is 0. The van der Waals surface area contributed by atoms with Gasteiger partial charge in [-0.1, -0.05) is 51.2 Å². The molecule has 0 bridgehead atoms. The number of alkyl halides is 1. The molecule has 2 aromatic carbocycles. The molecule has 0 aromatic heterocycles. The van der Waals surface area contributed by atoms with Crippen LogP contribution in [-0.4, -0.2) is 19.1 Å². The molecule has 150 valence electrons. The second-order valence-corrected chi connectivity index (χ2v) is 7.66. The molecule has 2 rings (SSSR count). The summed E-state index contributed by atoms with van der Waals surface area (Å²) in [4.78, 5) is 0. The Morgan fingerprint density at radius 2 is 1.48 bits per heavy atom. The van der Waals surface area contributed by atoms with Crippen LogP contribution in [0.15, 0.2) is 30.3 Å². The van der Waals surface area contributed by atoms with Crippen LogP contribution in [0.4, 0.5) is 0 Å². The van der Waals surface area contributed by atoms with Gasteiger partial charge in [-0.15, -0.1) is 11.6 Å². The normalized spacial score (nSPS) is 11.1.